The number of H-pyrrole nitrogens is 1. The van der Waals surface area contributed by atoms with Gasteiger partial charge < -0.3 is 10.3 Å². The second-order valence-corrected chi connectivity index (χ2v) is 8.78. The molecule has 1 aliphatic rings. The van der Waals surface area contributed by atoms with Crippen LogP contribution in [0, 0.1) is 0 Å². The number of likely N-dealkylation sites (tertiary alicyclic amines) is 1. The highest BCUT2D eigenvalue weighted by molar-refractivity contribution is 6.30. The van der Waals surface area contributed by atoms with E-state index in [2.05, 4.69) is 22.1 Å². The van der Waals surface area contributed by atoms with Crippen LogP contribution in [0.5, 0.6) is 0 Å². The molecule has 7 nitrogen and oxygen atoms in total. The first-order valence-corrected chi connectivity index (χ1v) is 11.3. The van der Waals surface area contributed by atoms with Crippen molar-refractivity contribution in [1.82, 2.24) is 19.8 Å². The molecule has 1 atom stereocenters. The van der Waals surface area contributed by atoms with Gasteiger partial charge in [-0.1, -0.05) is 30.2 Å². The largest absolute Gasteiger partial charge is 0.351 e. The Bertz CT molecular complexity index is 1230. The fraction of sp³-hybridized carbons (Fsp3) is 0.375. The highest BCUT2D eigenvalue weighted by Crippen LogP contribution is 2.15. The molecule has 32 heavy (non-hydrogen) atoms. The fourth-order valence-electron chi connectivity index (χ4n) is 4.22. The maximum absolute atomic E-state index is 12.9. The lowest BCUT2D eigenvalue weighted by Crippen LogP contribution is -2.42. The topological polar surface area (TPSA) is 87.2 Å². The lowest BCUT2D eigenvalue weighted by molar-refractivity contribution is 0.0938. The van der Waals surface area contributed by atoms with Crippen molar-refractivity contribution in [3.8, 4) is 0 Å². The van der Waals surface area contributed by atoms with Gasteiger partial charge in [0.2, 0.25) is 0 Å². The van der Waals surface area contributed by atoms with Gasteiger partial charge in [0.25, 0.3) is 11.5 Å². The average Bonchev–Trinajstić information content (AvgIpc) is 2.78. The van der Waals surface area contributed by atoms with Crippen LogP contribution in [0.1, 0.15) is 42.1 Å². The summed E-state index contributed by atoms with van der Waals surface area (Å²) in [6.07, 6.45) is 3.66. The van der Waals surface area contributed by atoms with E-state index < -0.39 is 11.2 Å². The minimum Gasteiger partial charge on any atom is -0.351 e. The quantitative estimate of drug-likeness (QED) is 0.599. The molecule has 168 valence electrons. The van der Waals surface area contributed by atoms with Crippen LogP contribution in [0.2, 0.25) is 5.02 Å². The Morgan fingerprint density at radius 3 is 2.69 bits per heavy atom. The van der Waals surface area contributed by atoms with Crippen molar-refractivity contribution in [2.75, 3.05) is 19.6 Å². The summed E-state index contributed by atoms with van der Waals surface area (Å²) >= 11 is 5.90. The summed E-state index contributed by atoms with van der Waals surface area (Å²) in [7, 11) is 0. The standard InChI is InChI=1S/C24H27ClN4O3/c1-16-4-2-3-12-28(16)13-11-26-22(30)18-7-10-20-21(14-18)27-24(32)29(23(20)31)15-17-5-8-19(25)9-6-17/h5-10,14,16H,2-4,11-13,15H2,1H3,(H,26,30)(H,27,32). The molecule has 1 aromatic heterocycles. The van der Waals surface area contributed by atoms with Gasteiger partial charge in [0.05, 0.1) is 17.4 Å². The van der Waals surface area contributed by atoms with E-state index in [1.807, 2.05) is 0 Å². The minimum absolute atomic E-state index is 0.137. The molecule has 0 spiro atoms. The molecule has 2 N–H and O–H groups in total. The number of aromatic amines is 1. The maximum atomic E-state index is 12.9. The molecule has 1 amide bonds. The van der Waals surface area contributed by atoms with E-state index in [1.54, 1.807) is 42.5 Å². The number of benzene rings is 2. The Hall–Kier alpha value is -2.90. The third kappa shape index (κ3) is 4.95. The number of carbonyl (C=O) groups excluding carboxylic acids is 1. The summed E-state index contributed by atoms with van der Waals surface area (Å²) < 4.78 is 1.14. The van der Waals surface area contributed by atoms with Crippen molar-refractivity contribution in [3.63, 3.8) is 0 Å². The van der Waals surface area contributed by atoms with Crippen molar-refractivity contribution in [2.24, 2.45) is 0 Å². The Balaban J connectivity index is 1.49. The number of fused-ring (bicyclic) bond motifs is 1. The van der Waals surface area contributed by atoms with Crippen LogP contribution in [0.25, 0.3) is 10.9 Å². The third-order valence-corrected chi connectivity index (χ3v) is 6.38. The molecule has 1 saturated heterocycles. The van der Waals surface area contributed by atoms with Gasteiger partial charge in [-0.2, -0.15) is 0 Å². The van der Waals surface area contributed by atoms with Crippen LogP contribution < -0.4 is 16.6 Å². The van der Waals surface area contributed by atoms with Crippen molar-refractivity contribution in [3.05, 3.63) is 79.5 Å². The molecule has 0 bridgehead atoms. The first-order chi connectivity index (χ1) is 15.4. The van der Waals surface area contributed by atoms with Gasteiger partial charge in [-0.05, 0) is 62.2 Å². The average molecular weight is 455 g/mol. The highest BCUT2D eigenvalue weighted by Gasteiger charge is 2.18. The zero-order chi connectivity index (χ0) is 22.7. The lowest BCUT2D eigenvalue weighted by Gasteiger charge is -2.33. The van der Waals surface area contributed by atoms with Crippen molar-refractivity contribution >= 4 is 28.4 Å². The first-order valence-electron chi connectivity index (χ1n) is 11.0. The predicted octanol–water partition coefficient (Wildman–Crippen LogP) is 3.00. The summed E-state index contributed by atoms with van der Waals surface area (Å²) in [5, 5.41) is 3.89. The SMILES string of the molecule is CC1CCCCN1CCNC(=O)c1ccc2c(=O)n(Cc3ccc(Cl)cc3)c(=O)[nH]c2c1. The van der Waals surface area contributed by atoms with E-state index in [4.69, 9.17) is 11.6 Å². The molecule has 0 saturated carbocycles. The van der Waals surface area contributed by atoms with Gasteiger partial charge in [0, 0.05) is 29.7 Å². The number of hydrogen-bond acceptors (Lipinski definition) is 4. The number of nitrogens with zero attached hydrogens (tertiary/aromatic N) is 2. The number of nitrogens with one attached hydrogen (secondary N) is 2. The smallest absolute Gasteiger partial charge is 0.329 e. The Kier molecular flexibility index (Phi) is 6.77. The summed E-state index contributed by atoms with van der Waals surface area (Å²) in [5.74, 6) is -0.220. The number of carbonyl (C=O) groups is 1. The molecule has 2 heterocycles. The number of piperidine rings is 1. The van der Waals surface area contributed by atoms with Gasteiger partial charge in [0.15, 0.2) is 0 Å². The molecule has 1 aliphatic heterocycles. The van der Waals surface area contributed by atoms with Crippen LogP contribution in [0.4, 0.5) is 0 Å². The minimum atomic E-state index is -0.519. The molecular weight excluding hydrogens is 428 g/mol. The summed E-state index contributed by atoms with van der Waals surface area (Å²) in [5.41, 5.74) is 0.638. The van der Waals surface area contributed by atoms with E-state index in [1.165, 1.54) is 19.3 Å². The van der Waals surface area contributed by atoms with Gasteiger partial charge >= 0.3 is 5.69 Å². The lowest BCUT2D eigenvalue weighted by atomic mass is 10.0. The predicted molar refractivity (Wildman–Crippen MR) is 127 cm³/mol. The number of hydrogen-bond donors (Lipinski definition) is 2. The monoisotopic (exact) mass is 454 g/mol. The first kappa shape index (κ1) is 22.3. The number of rotatable bonds is 6. The van der Waals surface area contributed by atoms with Crippen LogP contribution in [-0.2, 0) is 6.54 Å². The fourth-order valence-corrected chi connectivity index (χ4v) is 4.34. The van der Waals surface area contributed by atoms with Gasteiger partial charge in [-0.15, -0.1) is 0 Å². The van der Waals surface area contributed by atoms with Crippen molar-refractivity contribution in [2.45, 2.75) is 38.8 Å². The number of halogens is 1. The molecule has 3 aromatic rings. The third-order valence-electron chi connectivity index (χ3n) is 6.12. The van der Waals surface area contributed by atoms with E-state index in [0.717, 1.165) is 23.2 Å². The molecule has 8 heteroatoms. The van der Waals surface area contributed by atoms with Gasteiger partial charge in [-0.25, -0.2) is 4.79 Å². The van der Waals surface area contributed by atoms with E-state index in [9.17, 15) is 14.4 Å². The Morgan fingerprint density at radius 1 is 1.16 bits per heavy atom. The van der Waals surface area contributed by atoms with Crippen molar-refractivity contribution in [1.29, 1.82) is 0 Å². The number of amides is 1. The Morgan fingerprint density at radius 2 is 1.94 bits per heavy atom. The summed E-state index contributed by atoms with van der Waals surface area (Å²) in [6.45, 7) is 4.79. The molecule has 4 rings (SSSR count). The van der Waals surface area contributed by atoms with Crippen LogP contribution >= 0.6 is 11.6 Å². The number of aromatic nitrogens is 2. The van der Waals surface area contributed by atoms with E-state index in [-0.39, 0.29) is 12.5 Å². The van der Waals surface area contributed by atoms with Gasteiger partial charge in [0.1, 0.15) is 0 Å². The molecular formula is C24H27ClN4O3. The molecule has 1 fully saturated rings. The Labute approximate surface area is 191 Å². The zero-order valence-electron chi connectivity index (χ0n) is 18.1. The van der Waals surface area contributed by atoms with Crippen LogP contribution in [0.3, 0.4) is 0 Å². The normalized spacial score (nSPS) is 16.9. The van der Waals surface area contributed by atoms with Crippen LogP contribution in [0.15, 0.2) is 52.1 Å². The molecule has 0 aliphatic carbocycles. The van der Waals surface area contributed by atoms with E-state index >= 15 is 0 Å². The second kappa shape index (κ2) is 9.71. The highest BCUT2D eigenvalue weighted by atomic mass is 35.5. The summed E-state index contributed by atoms with van der Waals surface area (Å²) in [6, 6.07) is 12.3. The van der Waals surface area contributed by atoms with E-state index in [0.29, 0.717) is 34.1 Å². The van der Waals surface area contributed by atoms with Crippen LogP contribution in [-0.4, -0.2) is 46.0 Å². The zero-order valence-corrected chi connectivity index (χ0v) is 18.8. The molecule has 0 radical (unpaired) electrons. The summed E-state index contributed by atoms with van der Waals surface area (Å²) in [4.78, 5) is 43.2. The molecule has 1 unspecified atom stereocenters. The van der Waals surface area contributed by atoms with Gasteiger partial charge in [-0.3, -0.25) is 19.1 Å². The van der Waals surface area contributed by atoms with Crippen molar-refractivity contribution < 1.29 is 4.79 Å². The molecule has 2 aromatic carbocycles. The maximum Gasteiger partial charge on any atom is 0.329 e. The second-order valence-electron chi connectivity index (χ2n) is 8.34.